The molecular weight excluding hydrogens is 141 g/mol. The van der Waals surface area contributed by atoms with Crippen LogP contribution in [0.25, 0.3) is 0 Å². The maximum atomic E-state index is 13.2. The summed E-state index contributed by atoms with van der Waals surface area (Å²) < 4.78 is 13.2. The van der Waals surface area contributed by atoms with Gasteiger partial charge in [0.25, 0.3) is 0 Å². The zero-order valence-corrected chi connectivity index (χ0v) is 6.79. The van der Waals surface area contributed by atoms with Gasteiger partial charge in [0, 0.05) is 5.56 Å². The third kappa shape index (κ3) is 2.02. The molecule has 0 N–H and O–H groups in total. The topological polar surface area (TPSA) is 3.24 Å². The first-order valence-corrected chi connectivity index (χ1v) is 3.57. The summed E-state index contributed by atoms with van der Waals surface area (Å²) in [7, 11) is 3.44. The summed E-state index contributed by atoms with van der Waals surface area (Å²) in [5.41, 5.74) is 0.706. The third-order valence-corrected chi connectivity index (χ3v) is 1.53. The molecule has 0 spiro atoms. The summed E-state index contributed by atoms with van der Waals surface area (Å²) in [6, 6.07) is 9.12. The molecular formula is C9H12FN. The Kier molecular flexibility index (Phi) is 2.60. The molecule has 1 nitrogen and oxygen atoms in total. The van der Waals surface area contributed by atoms with Crippen molar-refractivity contribution in [2.45, 2.75) is 6.30 Å². The predicted molar refractivity (Wildman–Crippen MR) is 44.0 cm³/mol. The Morgan fingerprint density at radius 2 is 1.73 bits per heavy atom. The Balaban J connectivity index is 2.77. The van der Waals surface area contributed by atoms with Crippen LogP contribution < -0.4 is 0 Å². The highest BCUT2D eigenvalue weighted by Gasteiger charge is 2.09. The van der Waals surface area contributed by atoms with Crippen molar-refractivity contribution < 1.29 is 4.39 Å². The van der Waals surface area contributed by atoms with Gasteiger partial charge < -0.3 is 0 Å². The van der Waals surface area contributed by atoms with Crippen LogP contribution in [0.15, 0.2) is 30.3 Å². The number of rotatable bonds is 2. The number of nitrogens with zero attached hydrogens (tertiary/aromatic N) is 1. The van der Waals surface area contributed by atoms with Crippen molar-refractivity contribution in [3.05, 3.63) is 35.9 Å². The highest BCUT2D eigenvalue weighted by molar-refractivity contribution is 5.16. The highest BCUT2D eigenvalue weighted by Crippen LogP contribution is 2.17. The molecule has 0 aromatic heterocycles. The molecule has 0 aliphatic heterocycles. The normalized spacial score (nSPS) is 13.5. The SMILES string of the molecule is CN(C)C(F)c1ccccc1. The summed E-state index contributed by atoms with van der Waals surface area (Å²) in [6.45, 7) is 0. The molecule has 11 heavy (non-hydrogen) atoms. The van der Waals surface area contributed by atoms with Gasteiger partial charge in [0.2, 0.25) is 0 Å². The third-order valence-electron chi connectivity index (χ3n) is 1.53. The summed E-state index contributed by atoms with van der Waals surface area (Å²) in [4.78, 5) is 1.54. The van der Waals surface area contributed by atoms with E-state index >= 15 is 0 Å². The van der Waals surface area contributed by atoms with Crippen molar-refractivity contribution in [2.75, 3.05) is 14.1 Å². The van der Waals surface area contributed by atoms with Gasteiger partial charge >= 0.3 is 0 Å². The van der Waals surface area contributed by atoms with Gasteiger partial charge in [0.1, 0.15) is 0 Å². The molecule has 0 saturated heterocycles. The zero-order chi connectivity index (χ0) is 8.27. The quantitative estimate of drug-likeness (QED) is 0.589. The van der Waals surface area contributed by atoms with E-state index in [1.165, 1.54) is 4.90 Å². The smallest absolute Gasteiger partial charge is 0.178 e. The van der Waals surface area contributed by atoms with Crippen LogP contribution in [0.2, 0.25) is 0 Å². The van der Waals surface area contributed by atoms with Gasteiger partial charge in [-0.05, 0) is 14.1 Å². The molecule has 0 aliphatic rings. The molecule has 1 aromatic carbocycles. The summed E-state index contributed by atoms with van der Waals surface area (Å²) in [5.74, 6) is 0. The number of hydrogen-bond donors (Lipinski definition) is 0. The van der Waals surface area contributed by atoms with Crippen LogP contribution >= 0.6 is 0 Å². The van der Waals surface area contributed by atoms with E-state index in [4.69, 9.17) is 0 Å². The molecule has 0 fully saturated rings. The molecule has 0 saturated carbocycles. The van der Waals surface area contributed by atoms with Crippen LogP contribution in [0, 0.1) is 0 Å². The molecule has 0 radical (unpaired) electrons. The maximum absolute atomic E-state index is 13.2. The maximum Gasteiger partial charge on any atom is 0.178 e. The zero-order valence-electron chi connectivity index (χ0n) is 6.79. The fourth-order valence-electron chi connectivity index (χ4n) is 0.910. The van der Waals surface area contributed by atoms with E-state index in [0.29, 0.717) is 5.56 Å². The van der Waals surface area contributed by atoms with Crippen LogP contribution in [0.1, 0.15) is 11.9 Å². The first-order chi connectivity index (χ1) is 5.22. The summed E-state index contributed by atoms with van der Waals surface area (Å²) in [5, 5.41) is 0. The van der Waals surface area contributed by atoms with Gasteiger partial charge in [-0.3, -0.25) is 4.90 Å². The first kappa shape index (κ1) is 8.21. The number of benzene rings is 1. The molecule has 0 aliphatic carbocycles. The molecule has 0 bridgehead atoms. The van der Waals surface area contributed by atoms with Gasteiger partial charge in [-0.25, -0.2) is 4.39 Å². The molecule has 2 heteroatoms. The minimum Gasteiger partial charge on any atom is -0.276 e. The average molecular weight is 153 g/mol. The van der Waals surface area contributed by atoms with Crippen LogP contribution in [0.3, 0.4) is 0 Å². The van der Waals surface area contributed by atoms with Crippen LogP contribution in [-0.4, -0.2) is 19.0 Å². The predicted octanol–water partition coefficient (Wildman–Crippen LogP) is 2.22. The van der Waals surface area contributed by atoms with Crippen LogP contribution in [0.4, 0.5) is 4.39 Å². The van der Waals surface area contributed by atoms with E-state index in [2.05, 4.69) is 0 Å². The minimum atomic E-state index is -0.990. The lowest BCUT2D eigenvalue weighted by atomic mass is 10.2. The Morgan fingerprint density at radius 1 is 1.18 bits per heavy atom. The van der Waals surface area contributed by atoms with E-state index in [1.807, 2.05) is 18.2 Å². The van der Waals surface area contributed by atoms with E-state index in [9.17, 15) is 4.39 Å². The molecule has 1 unspecified atom stereocenters. The highest BCUT2D eigenvalue weighted by atomic mass is 19.1. The molecule has 1 rings (SSSR count). The molecule has 0 heterocycles. The van der Waals surface area contributed by atoms with Gasteiger partial charge in [-0.15, -0.1) is 0 Å². The largest absolute Gasteiger partial charge is 0.276 e. The average Bonchev–Trinajstić information content (AvgIpc) is 2.05. The lowest BCUT2D eigenvalue weighted by Crippen LogP contribution is -2.15. The second-order valence-electron chi connectivity index (χ2n) is 2.71. The lowest BCUT2D eigenvalue weighted by Gasteiger charge is -2.15. The minimum absolute atomic E-state index is 0.706. The van der Waals surface area contributed by atoms with Crippen molar-refractivity contribution in [3.8, 4) is 0 Å². The summed E-state index contributed by atoms with van der Waals surface area (Å²) >= 11 is 0. The monoisotopic (exact) mass is 153 g/mol. The molecule has 60 valence electrons. The number of alkyl halides is 1. The Labute approximate surface area is 66.5 Å². The standard InChI is InChI=1S/C9H12FN/c1-11(2)9(10)8-6-4-3-5-7-8/h3-7,9H,1-2H3. The van der Waals surface area contributed by atoms with E-state index < -0.39 is 6.30 Å². The van der Waals surface area contributed by atoms with Crippen molar-refractivity contribution >= 4 is 0 Å². The Bertz CT molecular complexity index is 208. The molecule has 1 aromatic rings. The second-order valence-corrected chi connectivity index (χ2v) is 2.71. The van der Waals surface area contributed by atoms with E-state index in [0.717, 1.165) is 0 Å². The van der Waals surface area contributed by atoms with Crippen molar-refractivity contribution in [1.29, 1.82) is 0 Å². The fraction of sp³-hybridized carbons (Fsp3) is 0.333. The van der Waals surface area contributed by atoms with Crippen LogP contribution in [0.5, 0.6) is 0 Å². The van der Waals surface area contributed by atoms with E-state index in [1.54, 1.807) is 26.2 Å². The van der Waals surface area contributed by atoms with Crippen molar-refractivity contribution in [1.82, 2.24) is 4.90 Å². The Morgan fingerprint density at radius 3 is 2.18 bits per heavy atom. The lowest BCUT2D eigenvalue weighted by molar-refractivity contribution is 0.140. The number of hydrogen-bond acceptors (Lipinski definition) is 1. The second kappa shape index (κ2) is 3.49. The first-order valence-electron chi connectivity index (χ1n) is 3.57. The Hall–Kier alpha value is -0.890. The molecule has 1 atom stereocenters. The van der Waals surface area contributed by atoms with Gasteiger partial charge in [-0.1, -0.05) is 30.3 Å². The van der Waals surface area contributed by atoms with Gasteiger partial charge in [-0.2, -0.15) is 0 Å². The van der Waals surface area contributed by atoms with Crippen molar-refractivity contribution in [3.63, 3.8) is 0 Å². The van der Waals surface area contributed by atoms with Crippen LogP contribution in [-0.2, 0) is 0 Å². The summed E-state index contributed by atoms with van der Waals surface area (Å²) in [6.07, 6.45) is -0.990. The van der Waals surface area contributed by atoms with Gasteiger partial charge in [0.05, 0.1) is 0 Å². The number of halogens is 1. The van der Waals surface area contributed by atoms with Gasteiger partial charge in [0.15, 0.2) is 6.30 Å². The molecule has 0 amide bonds. The fourth-order valence-corrected chi connectivity index (χ4v) is 0.910. The van der Waals surface area contributed by atoms with Crippen molar-refractivity contribution in [2.24, 2.45) is 0 Å². The van der Waals surface area contributed by atoms with E-state index in [-0.39, 0.29) is 0 Å².